The highest BCUT2D eigenvalue weighted by Gasteiger charge is 2.22. The molecule has 6 nitrogen and oxygen atoms in total. The second-order valence-corrected chi connectivity index (χ2v) is 6.56. The molecular formula is C17H15ClN2O4S. The van der Waals surface area contributed by atoms with Crippen LogP contribution in [0.15, 0.2) is 18.2 Å². The van der Waals surface area contributed by atoms with E-state index >= 15 is 0 Å². The van der Waals surface area contributed by atoms with Gasteiger partial charge in [0.2, 0.25) is 0 Å². The van der Waals surface area contributed by atoms with E-state index in [-0.39, 0.29) is 22.0 Å². The molecule has 0 saturated carbocycles. The number of nitriles is 1. The number of halogens is 1. The van der Waals surface area contributed by atoms with Gasteiger partial charge in [0.05, 0.1) is 17.7 Å². The molecule has 1 aromatic carbocycles. The summed E-state index contributed by atoms with van der Waals surface area (Å²) in [7, 11) is 1.26. The summed E-state index contributed by atoms with van der Waals surface area (Å²) in [6.07, 6.45) is 0. The maximum absolute atomic E-state index is 12.1. The molecule has 0 saturated heterocycles. The molecule has 0 atom stereocenters. The summed E-state index contributed by atoms with van der Waals surface area (Å²) in [5.74, 6) is -0.621. The first kappa shape index (κ1) is 18.8. The van der Waals surface area contributed by atoms with Crippen molar-refractivity contribution in [2.24, 2.45) is 0 Å². The molecule has 2 rings (SSSR count). The fourth-order valence-electron chi connectivity index (χ4n) is 2.05. The Bertz CT molecular complexity index is 870. The van der Waals surface area contributed by atoms with E-state index in [0.717, 1.165) is 16.9 Å². The smallest absolute Gasteiger partial charge is 0.348 e. The minimum atomic E-state index is -0.553. The summed E-state index contributed by atoms with van der Waals surface area (Å²) >= 11 is 7.00. The van der Waals surface area contributed by atoms with Gasteiger partial charge in [-0.05, 0) is 37.1 Å². The number of carbonyl (C=O) groups excluding carboxylic acids is 2. The number of thiophene rings is 1. The molecule has 130 valence electrons. The molecule has 2 aromatic rings. The molecule has 0 spiro atoms. The third kappa shape index (κ3) is 4.29. The number of nitrogens with one attached hydrogen (secondary N) is 1. The first-order valence-electron chi connectivity index (χ1n) is 7.18. The van der Waals surface area contributed by atoms with Gasteiger partial charge in [-0.15, -0.1) is 11.3 Å². The van der Waals surface area contributed by atoms with E-state index in [4.69, 9.17) is 16.3 Å². The summed E-state index contributed by atoms with van der Waals surface area (Å²) in [6, 6.07) is 7.22. The number of nitrogens with zero attached hydrogens (tertiary/aromatic N) is 1. The number of carbonyl (C=O) groups is 2. The predicted octanol–water partition coefficient (Wildman–Crippen LogP) is 3.69. The summed E-state index contributed by atoms with van der Waals surface area (Å²) in [5, 5.41) is 12.5. The molecule has 0 aliphatic heterocycles. The average Bonchev–Trinajstić information content (AvgIpc) is 2.90. The number of methoxy groups -OCH3 is 1. The Hall–Kier alpha value is -2.56. The lowest BCUT2D eigenvalue weighted by molar-refractivity contribution is -0.118. The van der Waals surface area contributed by atoms with Crippen LogP contribution in [-0.4, -0.2) is 25.6 Å². The number of hydrogen-bond acceptors (Lipinski definition) is 6. The van der Waals surface area contributed by atoms with Gasteiger partial charge in [0.25, 0.3) is 5.91 Å². The fraction of sp³-hybridized carbons (Fsp3) is 0.235. The molecule has 0 aliphatic carbocycles. The zero-order valence-corrected chi connectivity index (χ0v) is 15.4. The van der Waals surface area contributed by atoms with E-state index in [0.29, 0.717) is 16.3 Å². The Morgan fingerprint density at radius 1 is 1.36 bits per heavy atom. The number of hydrogen-bond donors (Lipinski definition) is 1. The van der Waals surface area contributed by atoms with Crippen molar-refractivity contribution in [3.63, 3.8) is 0 Å². The van der Waals surface area contributed by atoms with Gasteiger partial charge in [-0.2, -0.15) is 5.26 Å². The Kier molecular flexibility index (Phi) is 6.02. The third-order valence-corrected chi connectivity index (χ3v) is 4.83. The third-order valence-electron chi connectivity index (χ3n) is 3.33. The summed E-state index contributed by atoms with van der Waals surface area (Å²) in [6.45, 7) is 3.23. The van der Waals surface area contributed by atoms with Crippen molar-refractivity contribution in [2.45, 2.75) is 13.8 Å². The van der Waals surface area contributed by atoms with Gasteiger partial charge in [0.15, 0.2) is 6.61 Å². The number of amides is 1. The molecule has 1 N–H and O–H groups in total. The minimum absolute atomic E-state index is 0.229. The van der Waals surface area contributed by atoms with E-state index < -0.39 is 11.9 Å². The SMILES string of the molecule is COC(=O)c1sc(NC(=O)COc2cc(C)ccc2Cl)c(C#N)c1C. The highest BCUT2D eigenvalue weighted by molar-refractivity contribution is 7.18. The normalized spacial score (nSPS) is 10.0. The van der Waals surface area contributed by atoms with E-state index in [1.165, 1.54) is 7.11 Å². The highest BCUT2D eigenvalue weighted by Crippen LogP contribution is 2.33. The summed E-state index contributed by atoms with van der Waals surface area (Å²) in [4.78, 5) is 24.1. The van der Waals surface area contributed by atoms with Crippen LogP contribution in [0.4, 0.5) is 5.00 Å². The lowest BCUT2D eigenvalue weighted by atomic mass is 10.2. The Morgan fingerprint density at radius 3 is 2.72 bits per heavy atom. The standard InChI is InChI=1S/C17H15ClN2O4S/c1-9-4-5-12(18)13(6-9)24-8-14(21)20-16-11(7-19)10(2)15(25-16)17(22)23-3/h4-6H,8H2,1-3H3,(H,20,21). The second kappa shape index (κ2) is 8.01. The molecular weight excluding hydrogens is 364 g/mol. The topological polar surface area (TPSA) is 88.4 Å². The monoisotopic (exact) mass is 378 g/mol. The van der Waals surface area contributed by atoms with Gasteiger partial charge >= 0.3 is 5.97 Å². The quantitative estimate of drug-likeness (QED) is 0.801. The molecule has 0 aliphatic rings. The zero-order chi connectivity index (χ0) is 18.6. The summed E-state index contributed by atoms with van der Waals surface area (Å²) in [5.41, 5.74) is 1.65. The molecule has 25 heavy (non-hydrogen) atoms. The zero-order valence-electron chi connectivity index (χ0n) is 13.8. The Morgan fingerprint density at radius 2 is 2.08 bits per heavy atom. The van der Waals surface area contributed by atoms with E-state index in [1.807, 2.05) is 19.1 Å². The molecule has 8 heteroatoms. The lowest BCUT2D eigenvalue weighted by Crippen LogP contribution is -2.20. The number of ether oxygens (including phenoxy) is 2. The van der Waals surface area contributed by atoms with Crippen LogP contribution in [0.5, 0.6) is 5.75 Å². The van der Waals surface area contributed by atoms with E-state index in [1.54, 1.807) is 19.1 Å². The van der Waals surface area contributed by atoms with Crippen LogP contribution in [0.2, 0.25) is 5.02 Å². The van der Waals surface area contributed by atoms with Gasteiger partial charge < -0.3 is 14.8 Å². The number of anilines is 1. The Labute approximate surface area is 153 Å². The van der Waals surface area contributed by atoms with Gasteiger partial charge in [-0.25, -0.2) is 4.79 Å². The molecule has 1 heterocycles. The lowest BCUT2D eigenvalue weighted by Gasteiger charge is -2.09. The highest BCUT2D eigenvalue weighted by atomic mass is 35.5. The van der Waals surface area contributed by atoms with Crippen LogP contribution >= 0.6 is 22.9 Å². The van der Waals surface area contributed by atoms with Gasteiger partial charge in [0, 0.05) is 0 Å². The maximum atomic E-state index is 12.1. The van der Waals surface area contributed by atoms with Crippen LogP contribution in [-0.2, 0) is 9.53 Å². The molecule has 0 radical (unpaired) electrons. The maximum Gasteiger partial charge on any atom is 0.348 e. The molecule has 1 amide bonds. The predicted molar refractivity (Wildman–Crippen MR) is 95.4 cm³/mol. The van der Waals surface area contributed by atoms with Crippen molar-refractivity contribution in [2.75, 3.05) is 19.0 Å². The van der Waals surface area contributed by atoms with Gasteiger partial charge in [-0.1, -0.05) is 17.7 Å². The first-order chi connectivity index (χ1) is 11.9. The van der Waals surface area contributed by atoms with E-state index in [9.17, 15) is 14.9 Å². The number of rotatable bonds is 5. The molecule has 0 bridgehead atoms. The van der Waals surface area contributed by atoms with Gasteiger partial charge in [-0.3, -0.25) is 4.79 Å². The minimum Gasteiger partial charge on any atom is -0.482 e. The fourth-order valence-corrected chi connectivity index (χ4v) is 3.31. The van der Waals surface area contributed by atoms with Gasteiger partial charge in [0.1, 0.15) is 21.7 Å². The van der Waals surface area contributed by atoms with Crippen molar-refractivity contribution in [1.29, 1.82) is 5.26 Å². The van der Waals surface area contributed by atoms with Crippen LogP contribution in [0.25, 0.3) is 0 Å². The van der Waals surface area contributed by atoms with Crippen LogP contribution < -0.4 is 10.1 Å². The first-order valence-corrected chi connectivity index (χ1v) is 8.37. The average molecular weight is 379 g/mol. The van der Waals surface area contributed by atoms with Crippen molar-refractivity contribution < 1.29 is 19.1 Å². The van der Waals surface area contributed by atoms with Crippen molar-refractivity contribution in [3.8, 4) is 11.8 Å². The molecule has 0 unspecified atom stereocenters. The van der Waals surface area contributed by atoms with Crippen molar-refractivity contribution >= 4 is 39.8 Å². The second-order valence-electron chi connectivity index (χ2n) is 5.13. The number of benzene rings is 1. The molecule has 1 aromatic heterocycles. The van der Waals surface area contributed by atoms with Crippen LogP contribution in [0.3, 0.4) is 0 Å². The summed E-state index contributed by atoms with van der Waals surface area (Å²) < 4.78 is 10.1. The van der Waals surface area contributed by atoms with E-state index in [2.05, 4.69) is 10.1 Å². The van der Waals surface area contributed by atoms with Crippen molar-refractivity contribution in [3.05, 3.63) is 44.8 Å². The van der Waals surface area contributed by atoms with Crippen LogP contribution in [0.1, 0.15) is 26.4 Å². The van der Waals surface area contributed by atoms with Crippen LogP contribution in [0, 0.1) is 25.2 Å². The molecule has 0 fully saturated rings. The number of aryl methyl sites for hydroxylation is 1. The Balaban J connectivity index is 2.12. The largest absolute Gasteiger partial charge is 0.482 e. The number of esters is 1. The van der Waals surface area contributed by atoms with Crippen molar-refractivity contribution in [1.82, 2.24) is 0 Å².